The Labute approximate surface area is 101 Å². The van der Waals surface area contributed by atoms with Gasteiger partial charge in [-0.25, -0.2) is 4.79 Å². The molecule has 2 rings (SSSR count). The van der Waals surface area contributed by atoms with E-state index >= 15 is 0 Å². The van der Waals surface area contributed by atoms with Crippen LogP contribution in [0, 0.1) is 0 Å². The highest BCUT2D eigenvalue weighted by Gasteiger charge is 2.14. The highest BCUT2D eigenvalue weighted by Crippen LogP contribution is 2.26. The second-order valence-electron chi connectivity index (χ2n) is 4.20. The van der Waals surface area contributed by atoms with Gasteiger partial charge in [-0.3, -0.25) is 0 Å². The van der Waals surface area contributed by atoms with Crippen LogP contribution in [0.4, 0.5) is 0 Å². The molecule has 3 heteroatoms. The zero-order chi connectivity index (χ0) is 12.4. The Bertz CT molecular complexity index is 555. The molecular weight excluding hydrogens is 214 g/mol. The molecule has 17 heavy (non-hydrogen) atoms. The number of aryl methyl sites for hydroxylation is 2. The first-order valence-electron chi connectivity index (χ1n) is 6.03. The van der Waals surface area contributed by atoms with Crippen LogP contribution in [0.5, 0.6) is 0 Å². The van der Waals surface area contributed by atoms with E-state index in [2.05, 4.69) is 13.1 Å². The summed E-state index contributed by atoms with van der Waals surface area (Å²) in [6.45, 7) is 4.97. The molecule has 0 spiro atoms. The molecule has 0 aliphatic heterocycles. The summed E-state index contributed by atoms with van der Waals surface area (Å²) in [5, 5.41) is 10.3. The third kappa shape index (κ3) is 1.93. The summed E-state index contributed by atoms with van der Waals surface area (Å²) in [5.41, 5.74) is 2.49. The number of nitrogens with zero attached hydrogens (tertiary/aromatic N) is 1. The summed E-state index contributed by atoms with van der Waals surface area (Å²) in [7, 11) is 0. The highest BCUT2D eigenvalue weighted by atomic mass is 16.4. The smallest absolute Gasteiger partial charge is 0.337 e. The first-order valence-corrected chi connectivity index (χ1v) is 6.03. The Morgan fingerprint density at radius 1 is 1.35 bits per heavy atom. The fourth-order valence-corrected chi connectivity index (χ4v) is 2.32. The number of carbonyl (C=O) groups is 1. The second kappa shape index (κ2) is 4.62. The van der Waals surface area contributed by atoms with Crippen molar-refractivity contribution in [2.24, 2.45) is 0 Å². The third-order valence-corrected chi connectivity index (χ3v) is 3.07. The number of carboxylic acid groups (broad SMARTS) is 1. The molecule has 1 N–H and O–H groups in total. The van der Waals surface area contributed by atoms with Crippen molar-refractivity contribution in [1.29, 1.82) is 0 Å². The van der Waals surface area contributed by atoms with E-state index in [1.54, 1.807) is 6.07 Å². The predicted octanol–water partition coefficient (Wildman–Crippen LogP) is 3.31. The molecule has 1 aromatic carbocycles. The maximum atomic E-state index is 11.2. The number of aromatic carboxylic acids is 1. The van der Waals surface area contributed by atoms with Crippen LogP contribution in [0.25, 0.3) is 10.9 Å². The van der Waals surface area contributed by atoms with E-state index in [4.69, 9.17) is 0 Å². The number of carboxylic acids is 1. The minimum absolute atomic E-state index is 0.395. The lowest BCUT2D eigenvalue weighted by Crippen LogP contribution is -2.01. The Morgan fingerprint density at radius 2 is 2.12 bits per heavy atom. The Kier molecular flexibility index (Phi) is 3.18. The molecular formula is C14H17NO2. The summed E-state index contributed by atoms with van der Waals surface area (Å²) in [6, 6.07) is 5.51. The van der Waals surface area contributed by atoms with Gasteiger partial charge in [-0.05, 0) is 25.0 Å². The highest BCUT2D eigenvalue weighted by molar-refractivity contribution is 6.03. The monoisotopic (exact) mass is 231 g/mol. The molecule has 0 radical (unpaired) electrons. The maximum Gasteiger partial charge on any atom is 0.337 e. The van der Waals surface area contributed by atoms with E-state index in [-0.39, 0.29) is 0 Å². The van der Waals surface area contributed by atoms with Gasteiger partial charge in [-0.1, -0.05) is 25.5 Å². The Balaban J connectivity index is 2.75. The number of para-hydroxylation sites is 1. The number of rotatable bonds is 4. The van der Waals surface area contributed by atoms with Crippen molar-refractivity contribution in [3.8, 4) is 0 Å². The predicted molar refractivity (Wildman–Crippen MR) is 68.6 cm³/mol. The van der Waals surface area contributed by atoms with E-state index < -0.39 is 5.97 Å². The quantitative estimate of drug-likeness (QED) is 0.877. The third-order valence-electron chi connectivity index (χ3n) is 3.07. The first kappa shape index (κ1) is 11.7. The number of hydrogen-bond acceptors (Lipinski definition) is 1. The Morgan fingerprint density at radius 3 is 2.71 bits per heavy atom. The average molecular weight is 231 g/mol. The molecule has 90 valence electrons. The van der Waals surface area contributed by atoms with Gasteiger partial charge in [0.25, 0.3) is 0 Å². The average Bonchev–Trinajstić information content (AvgIpc) is 2.68. The minimum atomic E-state index is -0.855. The van der Waals surface area contributed by atoms with Crippen molar-refractivity contribution in [2.45, 2.75) is 33.2 Å². The van der Waals surface area contributed by atoms with Crippen molar-refractivity contribution in [3.63, 3.8) is 0 Å². The summed E-state index contributed by atoms with van der Waals surface area (Å²) in [6.07, 6.45) is 4.15. The van der Waals surface area contributed by atoms with E-state index in [0.29, 0.717) is 5.56 Å². The second-order valence-corrected chi connectivity index (χ2v) is 4.20. The molecule has 0 bridgehead atoms. The number of hydrogen-bond donors (Lipinski definition) is 1. The summed E-state index contributed by atoms with van der Waals surface area (Å²) >= 11 is 0. The normalized spacial score (nSPS) is 10.9. The molecule has 1 heterocycles. The van der Waals surface area contributed by atoms with Crippen LogP contribution >= 0.6 is 0 Å². The fourth-order valence-electron chi connectivity index (χ4n) is 2.32. The van der Waals surface area contributed by atoms with Gasteiger partial charge in [0.15, 0.2) is 0 Å². The molecule has 3 nitrogen and oxygen atoms in total. The SMILES string of the molecule is CCCc1cn(CC)c2c(C(=O)O)cccc12. The van der Waals surface area contributed by atoms with Gasteiger partial charge in [0.05, 0.1) is 11.1 Å². The number of aromatic nitrogens is 1. The zero-order valence-electron chi connectivity index (χ0n) is 10.2. The number of benzene rings is 1. The van der Waals surface area contributed by atoms with Crippen LogP contribution in [-0.4, -0.2) is 15.6 Å². The lowest BCUT2D eigenvalue weighted by Gasteiger charge is -2.03. The maximum absolute atomic E-state index is 11.2. The van der Waals surface area contributed by atoms with Crippen LogP contribution in [0.2, 0.25) is 0 Å². The van der Waals surface area contributed by atoms with Gasteiger partial charge >= 0.3 is 5.97 Å². The van der Waals surface area contributed by atoms with Crippen LogP contribution in [0.3, 0.4) is 0 Å². The fraction of sp³-hybridized carbons (Fsp3) is 0.357. The van der Waals surface area contributed by atoms with Crippen molar-refractivity contribution in [3.05, 3.63) is 35.5 Å². The molecule has 0 saturated heterocycles. The van der Waals surface area contributed by atoms with Gasteiger partial charge in [0.1, 0.15) is 0 Å². The van der Waals surface area contributed by atoms with Crippen LogP contribution < -0.4 is 0 Å². The molecule has 0 unspecified atom stereocenters. The summed E-state index contributed by atoms with van der Waals surface area (Å²) < 4.78 is 2.03. The zero-order valence-corrected chi connectivity index (χ0v) is 10.2. The molecule has 0 aliphatic carbocycles. The van der Waals surface area contributed by atoms with E-state index in [1.165, 1.54) is 5.56 Å². The summed E-state index contributed by atoms with van der Waals surface area (Å²) in [4.78, 5) is 11.2. The molecule has 0 amide bonds. The molecule has 0 fully saturated rings. The Hall–Kier alpha value is -1.77. The number of fused-ring (bicyclic) bond motifs is 1. The standard InChI is InChI=1S/C14H17NO2/c1-3-6-10-9-15(4-2)13-11(10)7-5-8-12(13)14(16)17/h5,7-9H,3-4,6H2,1-2H3,(H,16,17). The van der Waals surface area contributed by atoms with E-state index in [0.717, 1.165) is 30.3 Å². The summed E-state index contributed by atoms with van der Waals surface area (Å²) in [5.74, 6) is -0.855. The lowest BCUT2D eigenvalue weighted by molar-refractivity contribution is 0.0698. The first-order chi connectivity index (χ1) is 8.19. The molecule has 1 aromatic heterocycles. The lowest BCUT2D eigenvalue weighted by atomic mass is 10.1. The van der Waals surface area contributed by atoms with Crippen LogP contribution in [0.15, 0.2) is 24.4 Å². The molecule has 0 saturated carbocycles. The van der Waals surface area contributed by atoms with E-state index in [9.17, 15) is 9.90 Å². The van der Waals surface area contributed by atoms with E-state index in [1.807, 2.05) is 23.6 Å². The van der Waals surface area contributed by atoms with Crippen LogP contribution in [-0.2, 0) is 13.0 Å². The van der Waals surface area contributed by atoms with Crippen LogP contribution in [0.1, 0.15) is 36.2 Å². The largest absolute Gasteiger partial charge is 0.478 e. The topological polar surface area (TPSA) is 42.2 Å². The molecule has 0 atom stereocenters. The minimum Gasteiger partial charge on any atom is -0.478 e. The van der Waals surface area contributed by atoms with Crippen molar-refractivity contribution in [2.75, 3.05) is 0 Å². The molecule has 2 aromatic rings. The van der Waals surface area contributed by atoms with Crippen molar-refractivity contribution in [1.82, 2.24) is 4.57 Å². The van der Waals surface area contributed by atoms with Gasteiger partial charge in [0, 0.05) is 18.1 Å². The van der Waals surface area contributed by atoms with Gasteiger partial charge in [-0.2, -0.15) is 0 Å². The molecule has 0 aliphatic rings. The van der Waals surface area contributed by atoms with Gasteiger partial charge in [0.2, 0.25) is 0 Å². The van der Waals surface area contributed by atoms with Gasteiger partial charge in [-0.15, -0.1) is 0 Å². The van der Waals surface area contributed by atoms with Crippen molar-refractivity contribution >= 4 is 16.9 Å². The van der Waals surface area contributed by atoms with Gasteiger partial charge < -0.3 is 9.67 Å². The van der Waals surface area contributed by atoms with Crippen molar-refractivity contribution < 1.29 is 9.90 Å².